The van der Waals surface area contributed by atoms with Gasteiger partial charge >= 0.3 is 0 Å². The van der Waals surface area contributed by atoms with E-state index in [0.29, 0.717) is 24.1 Å². The molecule has 1 N–H and O–H groups in total. The quantitative estimate of drug-likeness (QED) is 0.402. The van der Waals surface area contributed by atoms with Crippen LogP contribution in [0.25, 0.3) is 5.70 Å². The Labute approximate surface area is 209 Å². The largest absolute Gasteiger partial charge is 0.496 e. The lowest BCUT2D eigenvalue weighted by molar-refractivity contribution is 0.217. The minimum absolute atomic E-state index is 0.313. The standard InChI is InChI=1S/C28H26N4O4/c1-4-35-22-14-13-17(15-23(22)34-3)26-24-25(31-28-29-16-30-32(26)28)18-9-5-8-12-21(18)36-27(24)19-10-6-7-11-20(19)33-2/h5-16,26-27H,4H2,1-3H3,(H,29,30,31)/t26-,27+/m0/s1. The van der Waals surface area contributed by atoms with Crippen LogP contribution in [0.2, 0.25) is 0 Å². The fourth-order valence-corrected chi connectivity index (χ4v) is 5.01. The summed E-state index contributed by atoms with van der Waals surface area (Å²) in [7, 11) is 3.32. The summed E-state index contributed by atoms with van der Waals surface area (Å²) in [6, 6.07) is 21.6. The smallest absolute Gasteiger partial charge is 0.226 e. The van der Waals surface area contributed by atoms with Gasteiger partial charge in [-0.25, -0.2) is 4.68 Å². The van der Waals surface area contributed by atoms with Gasteiger partial charge in [0.2, 0.25) is 5.95 Å². The number of methoxy groups -OCH3 is 2. The van der Waals surface area contributed by atoms with Crippen LogP contribution < -0.4 is 24.3 Å². The van der Waals surface area contributed by atoms with Gasteiger partial charge in [0.1, 0.15) is 23.9 Å². The fourth-order valence-electron chi connectivity index (χ4n) is 5.01. The molecule has 0 unspecified atom stereocenters. The molecule has 8 heteroatoms. The second-order valence-electron chi connectivity index (χ2n) is 8.47. The number of rotatable bonds is 6. The molecule has 0 aliphatic carbocycles. The van der Waals surface area contributed by atoms with Crippen molar-refractivity contribution in [1.29, 1.82) is 0 Å². The number of hydrogen-bond donors (Lipinski definition) is 1. The number of nitrogens with one attached hydrogen (secondary N) is 1. The van der Waals surface area contributed by atoms with Gasteiger partial charge in [0.05, 0.1) is 26.5 Å². The molecule has 2 aliphatic heterocycles. The molecule has 2 atom stereocenters. The summed E-state index contributed by atoms with van der Waals surface area (Å²) in [5.74, 6) is 3.54. The normalized spacial score (nSPS) is 17.8. The van der Waals surface area contributed by atoms with Crippen molar-refractivity contribution >= 4 is 11.6 Å². The average Bonchev–Trinajstić information content (AvgIpc) is 3.40. The summed E-state index contributed by atoms with van der Waals surface area (Å²) >= 11 is 0. The third kappa shape index (κ3) is 3.45. The Bertz CT molecular complexity index is 1460. The van der Waals surface area contributed by atoms with Gasteiger partial charge in [-0.05, 0) is 42.8 Å². The van der Waals surface area contributed by atoms with Gasteiger partial charge in [0.15, 0.2) is 17.6 Å². The first kappa shape index (κ1) is 22.0. The van der Waals surface area contributed by atoms with Crippen LogP contribution in [0, 0.1) is 0 Å². The highest BCUT2D eigenvalue weighted by atomic mass is 16.5. The maximum Gasteiger partial charge on any atom is 0.226 e. The molecule has 0 saturated carbocycles. The third-order valence-corrected chi connectivity index (χ3v) is 6.55. The number of ether oxygens (including phenoxy) is 4. The Morgan fingerprint density at radius 1 is 0.944 bits per heavy atom. The molecule has 1 aromatic heterocycles. The number of hydrogen-bond acceptors (Lipinski definition) is 7. The Morgan fingerprint density at radius 3 is 2.58 bits per heavy atom. The third-order valence-electron chi connectivity index (χ3n) is 6.55. The molecule has 4 aromatic rings. The monoisotopic (exact) mass is 482 g/mol. The molecule has 0 bridgehead atoms. The van der Waals surface area contributed by atoms with Crippen LogP contribution >= 0.6 is 0 Å². The Kier molecular flexibility index (Phi) is 5.48. The van der Waals surface area contributed by atoms with Crippen molar-refractivity contribution in [1.82, 2.24) is 14.8 Å². The molecule has 0 spiro atoms. The molecule has 0 fully saturated rings. The zero-order chi connectivity index (χ0) is 24.6. The molecule has 8 nitrogen and oxygen atoms in total. The van der Waals surface area contributed by atoms with Crippen LogP contribution in [0.1, 0.15) is 35.8 Å². The summed E-state index contributed by atoms with van der Waals surface area (Å²) in [6.45, 7) is 2.50. The molecule has 6 rings (SSSR count). The van der Waals surface area contributed by atoms with E-state index in [2.05, 4.69) is 21.5 Å². The molecule has 3 aromatic carbocycles. The minimum atomic E-state index is -0.432. The van der Waals surface area contributed by atoms with Gasteiger partial charge in [0.25, 0.3) is 0 Å². The number of para-hydroxylation sites is 2. The number of nitrogens with zero attached hydrogens (tertiary/aromatic N) is 3. The lowest BCUT2D eigenvalue weighted by Gasteiger charge is -2.39. The van der Waals surface area contributed by atoms with Crippen molar-refractivity contribution in [3.8, 4) is 23.0 Å². The van der Waals surface area contributed by atoms with Crippen molar-refractivity contribution in [2.45, 2.75) is 19.1 Å². The highest BCUT2D eigenvalue weighted by Crippen LogP contribution is 2.52. The minimum Gasteiger partial charge on any atom is -0.496 e. The number of aromatic nitrogens is 3. The first-order valence-electron chi connectivity index (χ1n) is 11.8. The van der Waals surface area contributed by atoms with Crippen molar-refractivity contribution in [2.75, 3.05) is 26.1 Å². The molecule has 0 saturated heterocycles. The topological polar surface area (TPSA) is 79.7 Å². The van der Waals surface area contributed by atoms with E-state index in [0.717, 1.165) is 39.5 Å². The van der Waals surface area contributed by atoms with Gasteiger partial charge in [-0.3, -0.25) is 0 Å². The SMILES string of the molecule is CCOc1ccc([C@H]2C3=C(Nc4ncnn42)c2ccccc2O[C@@H]3c2ccccc2OC)cc1OC. The Balaban J connectivity index is 1.61. The van der Waals surface area contributed by atoms with Crippen molar-refractivity contribution in [3.05, 3.63) is 95.3 Å². The second-order valence-corrected chi connectivity index (χ2v) is 8.47. The molecule has 3 heterocycles. The van der Waals surface area contributed by atoms with Crippen molar-refractivity contribution in [3.63, 3.8) is 0 Å². The lowest BCUT2D eigenvalue weighted by Crippen LogP contribution is -2.32. The Hall–Kier alpha value is -4.46. The van der Waals surface area contributed by atoms with E-state index >= 15 is 0 Å². The average molecular weight is 483 g/mol. The van der Waals surface area contributed by atoms with E-state index in [9.17, 15) is 0 Å². The molecular weight excluding hydrogens is 456 g/mol. The summed E-state index contributed by atoms with van der Waals surface area (Å²) in [5, 5.41) is 8.12. The predicted octanol–water partition coefficient (Wildman–Crippen LogP) is 5.25. The van der Waals surface area contributed by atoms with E-state index in [4.69, 9.17) is 18.9 Å². The van der Waals surface area contributed by atoms with Crippen LogP contribution in [0.15, 0.2) is 78.6 Å². The molecule has 182 valence electrons. The van der Waals surface area contributed by atoms with E-state index in [-0.39, 0.29) is 6.04 Å². The summed E-state index contributed by atoms with van der Waals surface area (Å²) < 4.78 is 25.8. The summed E-state index contributed by atoms with van der Waals surface area (Å²) in [6.07, 6.45) is 1.13. The highest BCUT2D eigenvalue weighted by Gasteiger charge is 2.42. The lowest BCUT2D eigenvalue weighted by atomic mass is 9.84. The zero-order valence-electron chi connectivity index (χ0n) is 20.3. The van der Waals surface area contributed by atoms with Crippen LogP contribution in [0.5, 0.6) is 23.0 Å². The van der Waals surface area contributed by atoms with Crippen LogP contribution in [0.4, 0.5) is 5.95 Å². The van der Waals surface area contributed by atoms with E-state index < -0.39 is 6.10 Å². The van der Waals surface area contributed by atoms with Gasteiger partial charge < -0.3 is 24.3 Å². The summed E-state index contributed by atoms with van der Waals surface area (Å²) in [4.78, 5) is 4.50. The van der Waals surface area contributed by atoms with Gasteiger partial charge in [-0.15, -0.1) is 0 Å². The molecule has 36 heavy (non-hydrogen) atoms. The predicted molar refractivity (Wildman–Crippen MR) is 136 cm³/mol. The van der Waals surface area contributed by atoms with Crippen molar-refractivity contribution in [2.24, 2.45) is 0 Å². The van der Waals surface area contributed by atoms with E-state index in [1.807, 2.05) is 72.3 Å². The first-order chi connectivity index (χ1) is 17.7. The van der Waals surface area contributed by atoms with E-state index in [1.165, 1.54) is 0 Å². The number of benzene rings is 3. The first-order valence-corrected chi connectivity index (χ1v) is 11.8. The molecule has 0 amide bonds. The maximum atomic E-state index is 6.70. The van der Waals surface area contributed by atoms with Crippen LogP contribution in [-0.2, 0) is 0 Å². The number of anilines is 1. The Morgan fingerprint density at radius 2 is 1.75 bits per heavy atom. The molecular formula is C28H26N4O4. The van der Waals surface area contributed by atoms with E-state index in [1.54, 1.807) is 20.5 Å². The summed E-state index contributed by atoms with van der Waals surface area (Å²) in [5.41, 5.74) is 4.82. The van der Waals surface area contributed by atoms with Gasteiger partial charge in [-0.2, -0.15) is 10.1 Å². The van der Waals surface area contributed by atoms with Crippen LogP contribution in [0.3, 0.4) is 0 Å². The molecule has 2 aliphatic rings. The zero-order valence-corrected chi connectivity index (χ0v) is 20.3. The van der Waals surface area contributed by atoms with Crippen molar-refractivity contribution < 1.29 is 18.9 Å². The van der Waals surface area contributed by atoms with Gasteiger partial charge in [0, 0.05) is 16.7 Å². The highest BCUT2D eigenvalue weighted by molar-refractivity contribution is 5.85. The van der Waals surface area contributed by atoms with Gasteiger partial charge in [-0.1, -0.05) is 36.4 Å². The second kappa shape index (κ2) is 8.96. The number of fused-ring (bicyclic) bond motifs is 3. The maximum absolute atomic E-state index is 6.70. The fraction of sp³-hybridized carbons (Fsp3) is 0.214. The molecule has 0 radical (unpaired) electrons. The van der Waals surface area contributed by atoms with Crippen LogP contribution in [-0.4, -0.2) is 35.6 Å².